The minimum absolute atomic E-state index is 0.138. The van der Waals surface area contributed by atoms with Crippen LogP contribution in [0.3, 0.4) is 0 Å². The van der Waals surface area contributed by atoms with Crippen molar-refractivity contribution in [1.29, 1.82) is 0 Å². The van der Waals surface area contributed by atoms with E-state index >= 15 is 0 Å². The summed E-state index contributed by atoms with van der Waals surface area (Å²) in [6.07, 6.45) is 9.63. The maximum absolute atomic E-state index is 11.9. The summed E-state index contributed by atoms with van der Waals surface area (Å²) in [6, 6.07) is 0. The zero-order valence-electron chi connectivity index (χ0n) is 9.44. The SMILES string of the molecule is C#CCCCNC(=O)C1(CC)CCCN1. The monoisotopic (exact) mass is 208 g/mol. The van der Waals surface area contributed by atoms with Crippen LogP contribution in [0.15, 0.2) is 0 Å². The van der Waals surface area contributed by atoms with Crippen molar-refractivity contribution in [3.8, 4) is 12.3 Å². The van der Waals surface area contributed by atoms with E-state index in [1.165, 1.54) is 0 Å². The van der Waals surface area contributed by atoms with Crippen molar-refractivity contribution in [2.75, 3.05) is 13.1 Å². The maximum Gasteiger partial charge on any atom is 0.240 e. The van der Waals surface area contributed by atoms with Crippen LogP contribution in [0.4, 0.5) is 0 Å². The highest BCUT2D eigenvalue weighted by atomic mass is 16.2. The predicted octanol–water partition coefficient (Wildman–Crippen LogP) is 1.05. The molecule has 0 aromatic heterocycles. The maximum atomic E-state index is 11.9. The van der Waals surface area contributed by atoms with Gasteiger partial charge in [-0.3, -0.25) is 4.79 Å². The Morgan fingerprint density at radius 1 is 1.67 bits per heavy atom. The van der Waals surface area contributed by atoms with E-state index in [9.17, 15) is 4.79 Å². The Kier molecular flexibility index (Phi) is 4.64. The Hall–Kier alpha value is -1.01. The molecule has 0 bridgehead atoms. The smallest absolute Gasteiger partial charge is 0.240 e. The van der Waals surface area contributed by atoms with Gasteiger partial charge in [-0.05, 0) is 32.2 Å². The molecule has 1 heterocycles. The second-order valence-electron chi connectivity index (χ2n) is 4.03. The Balaban J connectivity index is 2.34. The van der Waals surface area contributed by atoms with Gasteiger partial charge in [-0.2, -0.15) is 0 Å². The predicted molar refractivity (Wildman–Crippen MR) is 61.3 cm³/mol. The van der Waals surface area contributed by atoms with Gasteiger partial charge in [0.05, 0.1) is 5.54 Å². The molecule has 15 heavy (non-hydrogen) atoms. The van der Waals surface area contributed by atoms with Crippen LogP contribution in [-0.4, -0.2) is 24.5 Å². The summed E-state index contributed by atoms with van der Waals surface area (Å²) >= 11 is 0. The lowest BCUT2D eigenvalue weighted by atomic mass is 9.93. The molecule has 0 spiro atoms. The lowest BCUT2D eigenvalue weighted by Gasteiger charge is -2.26. The molecule has 1 fully saturated rings. The normalized spacial score (nSPS) is 24.8. The zero-order chi connectivity index (χ0) is 11.1. The van der Waals surface area contributed by atoms with Gasteiger partial charge in [-0.1, -0.05) is 6.92 Å². The average Bonchev–Trinajstić information content (AvgIpc) is 2.74. The summed E-state index contributed by atoms with van der Waals surface area (Å²) < 4.78 is 0. The standard InChI is InChI=1S/C12H20N2O/c1-3-5-6-9-13-11(15)12(4-2)8-7-10-14-12/h1,14H,4-10H2,2H3,(H,13,15). The minimum Gasteiger partial charge on any atom is -0.354 e. The molecule has 1 saturated heterocycles. The first-order chi connectivity index (χ1) is 7.25. The number of rotatable bonds is 5. The average molecular weight is 208 g/mol. The number of nitrogens with one attached hydrogen (secondary N) is 2. The molecule has 84 valence electrons. The van der Waals surface area contributed by atoms with Crippen LogP contribution in [0.5, 0.6) is 0 Å². The van der Waals surface area contributed by atoms with Gasteiger partial charge >= 0.3 is 0 Å². The van der Waals surface area contributed by atoms with Gasteiger partial charge in [0.1, 0.15) is 0 Å². The quantitative estimate of drug-likeness (QED) is 0.524. The third kappa shape index (κ3) is 2.97. The fourth-order valence-corrected chi connectivity index (χ4v) is 2.02. The Bertz CT molecular complexity index is 249. The summed E-state index contributed by atoms with van der Waals surface area (Å²) in [5, 5.41) is 6.26. The first-order valence-electron chi connectivity index (χ1n) is 5.72. The van der Waals surface area contributed by atoms with E-state index in [0.29, 0.717) is 6.54 Å². The second-order valence-corrected chi connectivity index (χ2v) is 4.03. The Labute approximate surface area is 92.0 Å². The topological polar surface area (TPSA) is 41.1 Å². The van der Waals surface area contributed by atoms with Crippen molar-refractivity contribution in [3.63, 3.8) is 0 Å². The van der Waals surface area contributed by atoms with Gasteiger partial charge < -0.3 is 10.6 Å². The van der Waals surface area contributed by atoms with E-state index in [2.05, 4.69) is 23.5 Å². The van der Waals surface area contributed by atoms with Gasteiger partial charge in [0, 0.05) is 13.0 Å². The minimum atomic E-state index is -0.309. The number of hydrogen-bond donors (Lipinski definition) is 2. The number of terminal acetylenes is 1. The van der Waals surface area contributed by atoms with E-state index < -0.39 is 0 Å². The molecule has 3 heteroatoms. The molecular formula is C12H20N2O. The number of unbranched alkanes of at least 4 members (excludes halogenated alkanes) is 1. The van der Waals surface area contributed by atoms with E-state index in [0.717, 1.165) is 38.6 Å². The van der Waals surface area contributed by atoms with Crippen molar-refractivity contribution < 1.29 is 4.79 Å². The van der Waals surface area contributed by atoms with Crippen LogP contribution < -0.4 is 10.6 Å². The summed E-state index contributed by atoms with van der Waals surface area (Å²) in [5.41, 5.74) is -0.309. The molecule has 1 unspecified atom stereocenters. The van der Waals surface area contributed by atoms with Crippen molar-refractivity contribution in [3.05, 3.63) is 0 Å². The summed E-state index contributed by atoms with van der Waals surface area (Å²) in [5.74, 6) is 2.71. The fourth-order valence-electron chi connectivity index (χ4n) is 2.02. The molecule has 3 nitrogen and oxygen atoms in total. The molecule has 1 atom stereocenters. The number of carbonyl (C=O) groups excluding carboxylic acids is 1. The van der Waals surface area contributed by atoms with Crippen molar-refractivity contribution in [2.45, 2.75) is 44.6 Å². The van der Waals surface area contributed by atoms with E-state index in [4.69, 9.17) is 6.42 Å². The number of amides is 1. The summed E-state index contributed by atoms with van der Waals surface area (Å²) in [6.45, 7) is 3.69. The molecule has 1 amide bonds. The third-order valence-electron chi connectivity index (χ3n) is 3.07. The van der Waals surface area contributed by atoms with Gasteiger partial charge in [0.25, 0.3) is 0 Å². The molecule has 0 radical (unpaired) electrons. The molecule has 1 aliphatic heterocycles. The molecule has 0 saturated carbocycles. The molecular weight excluding hydrogens is 188 g/mol. The van der Waals surface area contributed by atoms with Gasteiger partial charge in [0.2, 0.25) is 5.91 Å². The Morgan fingerprint density at radius 3 is 3.00 bits per heavy atom. The summed E-state index contributed by atoms with van der Waals surface area (Å²) in [4.78, 5) is 11.9. The van der Waals surface area contributed by atoms with Crippen molar-refractivity contribution in [2.24, 2.45) is 0 Å². The number of hydrogen-bond acceptors (Lipinski definition) is 2. The van der Waals surface area contributed by atoms with Crippen LogP contribution in [0.25, 0.3) is 0 Å². The van der Waals surface area contributed by atoms with E-state index in [-0.39, 0.29) is 11.4 Å². The molecule has 1 rings (SSSR count). The Morgan fingerprint density at radius 2 is 2.47 bits per heavy atom. The molecule has 0 aliphatic carbocycles. The lowest BCUT2D eigenvalue weighted by molar-refractivity contribution is -0.127. The lowest BCUT2D eigenvalue weighted by Crippen LogP contribution is -2.53. The second kappa shape index (κ2) is 5.77. The summed E-state index contributed by atoms with van der Waals surface area (Å²) in [7, 11) is 0. The van der Waals surface area contributed by atoms with Crippen LogP contribution in [0, 0.1) is 12.3 Å². The highest BCUT2D eigenvalue weighted by Gasteiger charge is 2.38. The zero-order valence-corrected chi connectivity index (χ0v) is 9.44. The van der Waals surface area contributed by atoms with Crippen molar-refractivity contribution >= 4 is 5.91 Å². The van der Waals surface area contributed by atoms with Crippen LogP contribution in [0.1, 0.15) is 39.0 Å². The molecule has 1 aliphatic rings. The fraction of sp³-hybridized carbons (Fsp3) is 0.750. The molecule has 0 aromatic carbocycles. The first kappa shape index (κ1) is 12.1. The van der Waals surface area contributed by atoms with Crippen molar-refractivity contribution in [1.82, 2.24) is 10.6 Å². The molecule has 2 N–H and O–H groups in total. The largest absolute Gasteiger partial charge is 0.354 e. The molecule has 0 aromatic rings. The third-order valence-corrected chi connectivity index (χ3v) is 3.07. The highest BCUT2D eigenvalue weighted by molar-refractivity contribution is 5.86. The van der Waals surface area contributed by atoms with E-state index in [1.807, 2.05) is 0 Å². The number of carbonyl (C=O) groups is 1. The van der Waals surface area contributed by atoms with Crippen LogP contribution in [0.2, 0.25) is 0 Å². The van der Waals surface area contributed by atoms with Gasteiger partial charge in [0.15, 0.2) is 0 Å². The first-order valence-corrected chi connectivity index (χ1v) is 5.72. The van der Waals surface area contributed by atoms with Gasteiger partial charge in [-0.15, -0.1) is 12.3 Å². The van der Waals surface area contributed by atoms with Crippen LogP contribution in [-0.2, 0) is 4.79 Å². The van der Waals surface area contributed by atoms with Gasteiger partial charge in [-0.25, -0.2) is 0 Å². The van der Waals surface area contributed by atoms with E-state index in [1.54, 1.807) is 0 Å². The van der Waals surface area contributed by atoms with Crippen LogP contribution >= 0.6 is 0 Å². The highest BCUT2D eigenvalue weighted by Crippen LogP contribution is 2.22.